The number of nitrogens with zero attached hydrogens (tertiary/aromatic N) is 2. The predicted molar refractivity (Wildman–Crippen MR) is 124 cm³/mol. The Bertz CT molecular complexity index is 1030. The van der Waals surface area contributed by atoms with Crippen molar-refractivity contribution in [3.63, 3.8) is 0 Å². The average Bonchev–Trinajstić information content (AvgIpc) is 3.48. The van der Waals surface area contributed by atoms with Gasteiger partial charge in [-0.2, -0.15) is 0 Å². The Morgan fingerprint density at radius 2 is 1.81 bits per heavy atom. The molecule has 0 bridgehead atoms. The van der Waals surface area contributed by atoms with Gasteiger partial charge in [-0.05, 0) is 42.5 Å². The summed E-state index contributed by atoms with van der Waals surface area (Å²) in [6.45, 7) is 5.02. The maximum Gasteiger partial charge on any atom is 0.243 e. The maximum atomic E-state index is 6.31. The van der Waals surface area contributed by atoms with Crippen molar-refractivity contribution in [2.75, 3.05) is 13.2 Å². The summed E-state index contributed by atoms with van der Waals surface area (Å²) in [5.74, 6) is 0.912. The molecule has 160 valence electrons. The van der Waals surface area contributed by atoms with E-state index >= 15 is 0 Å². The van der Waals surface area contributed by atoms with Crippen LogP contribution in [0.3, 0.4) is 0 Å². The summed E-state index contributed by atoms with van der Waals surface area (Å²) in [6.07, 6.45) is 7.29. The SMILES string of the molecule is Cc1ccc(OCCn2cc[n+](CC(OCCc3ccccc3)c3cccs3)c2)cc1. The summed E-state index contributed by atoms with van der Waals surface area (Å²) in [6, 6.07) is 22.9. The molecule has 1 atom stereocenters. The fourth-order valence-corrected chi connectivity index (χ4v) is 4.20. The number of imidazole rings is 1. The van der Waals surface area contributed by atoms with E-state index in [9.17, 15) is 0 Å². The summed E-state index contributed by atoms with van der Waals surface area (Å²) in [4.78, 5) is 1.26. The first-order valence-corrected chi connectivity index (χ1v) is 11.6. The van der Waals surface area contributed by atoms with Crippen molar-refractivity contribution in [2.45, 2.75) is 32.5 Å². The molecular weight excluding hydrogens is 404 g/mol. The zero-order valence-electron chi connectivity index (χ0n) is 17.9. The lowest BCUT2D eigenvalue weighted by Gasteiger charge is -2.15. The van der Waals surface area contributed by atoms with Crippen molar-refractivity contribution < 1.29 is 14.0 Å². The van der Waals surface area contributed by atoms with Crippen molar-refractivity contribution >= 4 is 11.3 Å². The van der Waals surface area contributed by atoms with Gasteiger partial charge in [0.2, 0.25) is 6.33 Å². The molecule has 0 aliphatic heterocycles. The molecule has 0 aliphatic rings. The van der Waals surface area contributed by atoms with Gasteiger partial charge in [0.25, 0.3) is 0 Å². The van der Waals surface area contributed by atoms with Crippen LogP contribution in [0.2, 0.25) is 0 Å². The highest BCUT2D eigenvalue weighted by molar-refractivity contribution is 7.10. The second-order valence-corrected chi connectivity index (χ2v) is 8.60. The van der Waals surface area contributed by atoms with Crippen LogP contribution in [-0.2, 0) is 24.2 Å². The van der Waals surface area contributed by atoms with E-state index in [0.29, 0.717) is 13.2 Å². The van der Waals surface area contributed by atoms with Crippen molar-refractivity contribution in [2.24, 2.45) is 0 Å². The monoisotopic (exact) mass is 433 g/mol. The van der Waals surface area contributed by atoms with E-state index in [0.717, 1.165) is 25.3 Å². The number of hydrogen-bond acceptors (Lipinski definition) is 3. The van der Waals surface area contributed by atoms with Crippen molar-refractivity contribution in [3.8, 4) is 5.75 Å². The fraction of sp³-hybridized carbons (Fsp3) is 0.269. The Balaban J connectivity index is 1.29. The fourth-order valence-electron chi connectivity index (χ4n) is 3.44. The first-order valence-electron chi connectivity index (χ1n) is 10.7. The molecule has 2 aromatic heterocycles. The van der Waals surface area contributed by atoms with Gasteiger partial charge in [0.1, 0.15) is 43.9 Å². The largest absolute Gasteiger partial charge is 0.489 e. The van der Waals surface area contributed by atoms with Crippen LogP contribution >= 0.6 is 11.3 Å². The minimum absolute atomic E-state index is 0.0494. The number of thiophene rings is 1. The first-order chi connectivity index (χ1) is 15.3. The van der Waals surface area contributed by atoms with Crippen LogP contribution in [-0.4, -0.2) is 17.8 Å². The molecule has 4 nitrogen and oxygen atoms in total. The highest BCUT2D eigenvalue weighted by atomic mass is 32.1. The van der Waals surface area contributed by atoms with Crippen molar-refractivity contribution in [3.05, 3.63) is 107 Å². The molecule has 0 aliphatic carbocycles. The number of rotatable bonds is 11. The van der Waals surface area contributed by atoms with Gasteiger partial charge in [0, 0.05) is 4.88 Å². The third kappa shape index (κ3) is 6.54. The van der Waals surface area contributed by atoms with Crippen LogP contribution in [0.15, 0.2) is 90.8 Å². The average molecular weight is 434 g/mol. The van der Waals surface area contributed by atoms with Gasteiger partial charge in [-0.3, -0.25) is 0 Å². The molecule has 4 rings (SSSR count). The molecule has 0 fully saturated rings. The molecule has 0 saturated carbocycles. The van der Waals surface area contributed by atoms with Gasteiger partial charge in [-0.1, -0.05) is 54.1 Å². The quantitative estimate of drug-likeness (QED) is 0.303. The van der Waals surface area contributed by atoms with Crippen LogP contribution in [0.25, 0.3) is 0 Å². The van der Waals surface area contributed by atoms with Crippen molar-refractivity contribution in [1.82, 2.24) is 4.57 Å². The molecule has 0 amide bonds. The van der Waals surface area contributed by atoms with E-state index in [1.807, 2.05) is 18.2 Å². The summed E-state index contributed by atoms with van der Waals surface area (Å²) < 4.78 is 16.5. The van der Waals surface area contributed by atoms with Gasteiger partial charge in [-0.25, -0.2) is 9.13 Å². The second kappa shape index (κ2) is 10.9. The van der Waals surface area contributed by atoms with Crippen molar-refractivity contribution in [1.29, 1.82) is 0 Å². The smallest absolute Gasteiger partial charge is 0.243 e. The van der Waals surface area contributed by atoms with Gasteiger partial charge >= 0.3 is 0 Å². The lowest BCUT2D eigenvalue weighted by atomic mass is 10.2. The normalized spacial score (nSPS) is 12.0. The Kier molecular flexibility index (Phi) is 7.53. The molecule has 2 aromatic carbocycles. The highest BCUT2D eigenvalue weighted by Gasteiger charge is 2.17. The summed E-state index contributed by atoms with van der Waals surface area (Å²) in [5, 5.41) is 2.11. The highest BCUT2D eigenvalue weighted by Crippen LogP contribution is 2.23. The summed E-state index contributed by atoms with van der Waals surface area (Å²) in [7, 11) is 0. The zero-order chi connectivity index (χ0) is 21.3. The predicted octanol–water partition coefficient (Wildman–Crippen LogP) is 5.23. The van der Waals surface area contributed by atoms with Gasteiger partial charge in [0.05, 0.1) is 6.61 Å². The second-order valence-electron chi connectivity index (χ2n) is 7.62. The topological polar surface area (TPSA) is 27.3 Å². The van der Waals surface area contributed by atoms with Crippen LogP contribution in [0, 0.1) is 6.92 Å². The Labute approximate surface area is 188 Å². The number of hydrogen-bond donors (Lipinski definition) is 0. The third-order valence-electron chi connectivity index (χ3n) is 5.18. The van der Waals surface area contributed by atoms with E-state index in [-0.39, 0.29) is 6.10 Å². The molecule has 0 spiro atoms. The lowest BCUT2D eigenvalue weighted by Crippen LogP contribution is -2.35. The number of aromatic nitrogens is 2. The first kappa shape index (κ1) is 21.3. The van der Waals surface area contributed by atoms with E-state index in [1.54, 1.807) is 11.3 Å². The molecule has 0 saturated heterocycles. The molecular formula is C26H29N2O2S+. The number of aryl methyl sites for hydroxylation is 1. The standard InChI is InChI=1S/C26H29N2O2S/c1-22-9-11-24(12-10-22)29-18-16-27-14-15-28(21-27)20-25(26-8-5-19-31-26)30-17-13-23-6-3-2-4-7-23/h2-12,14-15,19,21,25H,13,16-18,20H2,1H3/q+1. The van der Waals surface area contributed by atoms with E-state index in [2.05, 4.69) is 88.7 Å². The maximum absolute atomic E-state index is 6.31. The van der Waals surface area contributed by atoms with E-state index in [1.165, 1.54) is 16.0 Å². The molecule has 1 unspecified atom stereocenters. The van der Waals surface area contributed by atoms with E-state index in [4.69, 9.17) is 9.47 Å². The summed E-state index contributed by atoms with van der Waals surface area (Å²) >= 11 is 1.75. The number of ether oxygens (including phenoxy) is 2. The molecule has 5 heteroatoms. The Morgan fingerprint density at radius 3 is 2.58 bits per heavy atom. The van der Waals surface area contributed by atoms with Gasteiger partial charge < -0.3 is 9.47 Å². The number of benzene rings is 2. The third-order valence-corrected chi connectivity index (χ3v) is 6.14. The molecule has 0 radical (unpaired) electrons. The van der Waals surface area contributed by atoms with Crippen LogP contribution < -0.4 is 9.30 Å². The zero-order valence-corrected chi connectivity index (χ0v) is 18.7. The van der Waals surface area contributed by atoms with Crippen LogP contribution in [0.5, 0.6) is 5.75 Å². The van der Waals surface area contributed by atoms with E-state index < -0.39 is 0 Å². The molecule has 4 aromatic rings. The summed E-state index contributed by atoms with van der Waals surface area (Å²) in [5.41, 5.74) is 2.55. The molecule has 0 N–H and O–H groups in total. The van der Waals surface area contributed by atoms with Gasteiger partial charge in [-0.15, -0.1) is 11.3 Å². The van der Waals surface area contributed by atoms with Gasteiger partial charge in [0.15, 0.2) is 0 Å². The lowest BCUT2D eigenvalue weighted by molar-refractivity contribution is -0.704. The van der Waals surface area contributed by atoms with Crippen LogP contribution in [0.1, 0.15) is 22.1 Å². The minimum atomic E-state index is 0.0494. The Hall–Kier alpha value is -2.89. The van der Waals surface area contributed by atoms with Crippen LogP contribution in [0.4, 0.5) is 0 Å². The minimum Gasteiger partial charge on any atom is -0.489 e. The molecule has 31 heavy (non-hydrogen) atoms. The molecule has 2 heterocycles. The Morgan fingerprint density at radius 1 is 0.968 bits per heavy atom.